The molecule has 2 N–H and O–H groups in total. The van der Waals surface area contributed by atoms with Crippen LogP contribution >= 0.6 is 28.1 Å². The molecule has 0 aliphatic heterocycles. The number of nitrogens with two attached hydrogens (primary N) is 1. The van der Waals surface area contributed by atoms with Gasteiger partial charge >= 0.3 is 0 Å². The highest BCUT2D eigenvalue weighted by atomic mass is 79.9. The second kappa shape index (κ2) is 6.50. The van der Waals surface area contributed by atoms with E-state index in [0.717, 1.165) is 28.8 Å². The third-order valence-corrected chi connectivity index (χ3v) is 4.49. The first kappa shape index (κ1) is 15.2. The van der Waals surface area contributed by atoms with E-state index in [4.69, 9.17) is 18.0 Å². The number of nitrogens with zero attached hydrogens (tertiary/aromatic N) is 2. The van der Waals surface area contributed by atoms with Gasteiger partial charge in [0.15, 0.2) is 0 Å². The summed E-state index contributed by atoms with van der Waals surface area (Å²) in [6.45, 7) is 5.81. The number of thiocarbonyl (C=S) groups is 1. The van der Waals surface area contributed by atoms with Crippen molar-refractivity contribution in [2.75, 3.05) is 18.0 Å². The molecule has 20 heavy (non-hydrogen) atoms. The predicted molar refractivity (Wildman–Crippen MR) is 93.3 cm³/mol. The van der Waals surface area contributed by atoms with Crippen molar-refractivity contribution < 1.29 is 0 Å². The van der Waals surface area contributed by atoms with Crippen LogP contribution in [0.2, 0.25) is 0 Å². The molecule has 0 aliphatic carbocycles. The monoisotopic (exact) mass is 351 g/mol. The van der Waals surface area contributed by atoms with Crippen molar-refractivity contribution >= 4 is 49.7 Å². The minimum Gasteiger partial charge on any atom is -0.393 e. The first-order chi connectivity index (χ1) is 9.54. The molecule has 2 aromatic rings. The Morgan fingerprint density at radius 3 is 2.80 bits per heavy atom. The first-order valence-electron chi connectivity index (χ1n) is 6.62. The molecule has 1 atom stereocenters. The van der Waals surface area contributed by atoms with Gasteiger partial charge in [0.25, 0.3) is 0 Å². The van der Waals surface area contributed by atoms with E-state index in [-0.39, 0.29) is 5.92 Å². The minimum atomic E-state index is 0.161. The highest BCUT2D eigenvalue weighted by molar-refractivity contribution is 9.10. The second-order valence-electron chi connectivity index (χ2n) is 4.81. The average molecular weight is 352 g/mol. The Morgan fingerprint density at radius 1 is 1.40 bits per heavy atom. The number of anilines is 1. The van der Waals surface area contributed by atoms with Gasteiger partial charge in [-0.3, -0.25) is 0 Å². The molecule has 1 aromatic carbocycles. The van der Waals surface area contributed by atoms with Crippen LogP contribution in [0.5, 0.6) is 0 Å². The number of hydrogen-bond acceptors (Lipinski definition) is 3. The SMILES string of the molecule is CCN(CC(C)C(N)=S)c1nccc2c(Br)cccc12. The van der Waals surface area contributed by atoms with Crippen LogP contribution in [0.25, 0.3) is 10.8 Å². The molecule has 106 valence electrons. The molecule has 0 saturated carbocycles. The number of halogens is 1. The molecule has 2 rings (SSSR count). The fourth-order valence-corrected chi connectivity index (χ4v) is 2.76. The predicted octanol–water partition coefficient (Wildman–Crippen LogP) is 3.75. The number of benzene rings is 1. The third-order valence-electron chi connectivity index (χ3n) is 3.39. The van der Waals surface area contributed by atoms with Crippen LogP contribution in [-0.4, -0.2) is 23.1 Å². The summed E-state index contributed by atoms with van der Waals surface area (Å²) in [6, 6.07) is 8.19. The largest absolute Gasteiger partial charge is 0.393 e. The fraction of sp³-hybridized carbons (Fsp3) is 0.333. The maximum absolute atomic E-state index is 5.73. The topological polar surface area (TPSA) is 42.1 Å². The normalized spacial score (nSPS) is 12.3. The Labute approximate surface area is 133 Å². The van der Waals surface area contributed by atoms with E-state index in [1.807, 2.05) is 31.3 Å². The van der Waals surface area contributed by atoms with Crippen LogP contribution in [0.4, 0.5) is 5.82 Å². The van der Waals surface area contributed by atoms with E-state index in [1.165, 1.54) is 5.39 Å². The van der Waals surface area contributed by atoms with Crippen molar-refractivity contribution in [3.05, 3.63) is 34.9 Å². The van der Waals surface area contributed by atoms with Crippen LogP contribution in [0.3, 0.4) is 0 Å². The van der Waals surface area contributed by atoms with Gasteiger partial charge in [-0.05, 0) is 19.1 Å². The summed E-state index contributed by atoms with van der Waals surface area (Å²) in [6.07, 6.45) is 1.84. The van der Waals surface area contributed by atoms with E-state index in [0.29, 0.717) is 4.99 Å². The fourth-order valence-electron chi connectivity index (χ4n) is 2.19. The molecular formula is C15H18BrN3S. The van der Waals surface area contributed by atoms with Gasteiger partial charge in [-0.2, -0.15) is 0 Å². The van der Waals surface area contributed by atoms with E-state index in [2.05, 4.69) is 38.8 Å². The molecular weight excluding hydrogens is 334 g/mol. The molecule has 0 saturated heterocycles. The molecule has 0 radical (unpaired) electrons. The number of aromatic nitrogens is 1. The summed E-state index contributed by atoms with van der Waals surface area (Å²) in [5, 5.41) is 2.30. The Morgan fingerprint density at radius 2 is 2.15 bits per heavy atom. The number of hydrogen-bond donors (Lipinski definition) is 1. The van der Waals surface area contributed by atoms with Gasteiger partial charge in [-0.25, -0.2) is 4.98 Å². The molecule has 1 aromatic heterocycles. The Bertz CT molecular complexity index is 630. The molecule has 0 spiro atoms. The number of rotatable bonds is 5. The summed E-state index contributed by atoms with van der Waals surface area (Å²) in [5.41, 5.74) is 5.73. The van der Waals surface area contributed by atoms with E-state index >= 15 is 0 Å². The zero-order valence-corrected chi connectivity index (χ0v) is 14.0. The van der Waals surface area contributed by atoms with Crippen LogP contribution < -0.4 is 10.6 Å². The van der Waals surface area contributed by atoms with Gasteiger partial charge in [0.2, 0.25) is 0 Å². The van der Waals surface area contributed by atoms with Crippen molar-refractivity contribution in [3.8, 4) is 0 Å². The van der Waals surface area contributed by atoms with Gasteiger partial charge in [0.1, 0.15) is 5.82 Å². The van der Waals surface area contributed by atoms with Crippen LogP contribution in [0.15, 0.2) is 34.9 Å². The molecule has 3 nitrogen and oxygen atoms in total. The molecule has 0 aliphatic rings. The van der Waals surface area contributed by atoms with E-state index < -0.39 is 0 Å². The van der Waals surface area contributed by atoms with Gasteiger partial charge < -0.3 is 10.6 Å². The van der Waals surface area contributed by atoms with Crippen LogP contribution in [-0.2, 0) is 0 Å². The van der Waals surface area contributed by atoms with Gasteiger partial charge in [0, 0.05) is 40.4 Å². The van der Waals surface area contributed by atoms with E-state index in [9.17, 15) is 0 Å². The standard InChI is InChI=1S/C15H18BrN3S/c1-3-19(9-10(2)14(17)20)15-12-5-4-6-13(16)11(12)7-8-18-15/h4-8,10H,3,9H2,1-2H3,(H2,17,20). The van der Waals surface area contributed by atoms with E-state index in [1.54, 1.807) is 0 Å². The van der Waals surface area contributed by atoms with Gasteiger partial charge in [0.05, 0.1) is 4.99 Å². The quantitative estimate of drug-likeness (QED) is 0.833. The summed E-state index contributed by atoms with van der Waals surface area (Å²) >= 11 is 8.66. The molecule has 1 heterocycles. The summed E-state index contributed by atoms with van der Waals surface area (Å²) in [4.78, 5) is 7.32. The minimum absolute atomic E-state index is 0.161. The van der Waals surface area contributed by atoms with Crippen molar-refractivity contribution in [2.24, 2.45) is 11.7 Å². The Hall–Kier alpha value is -1.20. The molecule has 0 fully saturated rings. The lowest BCUT2D eigenvalue weighted by Crippen LogP contribution is -2.34. The number of fused-ring (bicyclic) bond motifs is 1. The Kier molecular flexibility index (Phi) is 4.94. The van der Waals surface area contributed by atoms with Crippen molar-refractivity contribution in [2.45, 2.75) is 13.8 Å². The maximum Gasteiger partial charge on any atom is 0.136 e. The van der Waals surface area contributed by atoms with Crippen molar-refractivity contribution in [1.29, 1.82) is 0 Å². The van der Waals surface area contributed by atoms with Gasteiger partial charge in [-0.1, -0.05) is 47.2 Å². The Balaban J connectivity index is 2.44. The first-order valence-corrected chi connectivity index (χ1v) is 7.82. The zero-order valence-electron chi connectivity index (χ0n) is 11.6. The smallest absolute Gasteiger partial charge is 0.136 e. The highest BCUT2D eigenvalue weighted by Gasteiger charge is 2.15. The van der Waals surface area contributed by atoms with Crippen LogP contribution in [0.1, 0.15) is 13.8 Å². The maximum atomic E-state index is 5.73. The van der Waals surface area contributed by atoms with Crippen molar-refractivity contribution in [1.82, 2.24) is 4.98 Å². The second-order valence-corrected chi connectivity index (χ2v) is 6.14. The summed E-state index contributed by atoms with van der Waals surface area (Å²) in [5.74, 6) is 1.14. The lowest BCUT2D eigenvalue weighted by atomic mass is 10.1. The molecule has 5 heteroatoms. The third kappa shape index (κ3) is 3.10. The lowest BCUT2D eigenvalue weighted by Gasteiger charge is -2.26. The number of pyridine rings is 1. The van der Waals surface area contributed by atoms with Crippen molar-refractivity contribution in [3.63, 3.8) is 0 Å². The zero-order chi connectivity index (χ0) is 14.7. The average Bonchev–Trinajstić information content (AvgIpc) is 2.44. The lowest BCUT2D eigenvalue weighted by molar-refractivity contribution is 0.702. The summed E-state index contributed by atoms with van der Waals surface area (Å²) in [7, 11) is 0. The summed E-state index contributed by atoms with van der Waals surface area (Å²) < 4.78 is 1.08. The van der Waals surface area contributed by atoms with Gasteiger partial charge in [-0.15, -0.1) is 0 Å². The van der Waals surface area contributed by atoms with Crippen LogP contribution in [0, 0.1) is 5.92 Å². The highest BCUT2D eigenvalue weighted by Crippen LogP contribution is 2.29. The molecule has 0 amide bonds. The molecule has 0 bridgehead atoms. The molecule has 1 unspecified atom stereocenters.